The van der Waals surface area contributed by atoms with E-state index in [1.54, 1.807) is 24.3 Å². The minimum absolute atomic E-state index is 0.276. The van der Waals surface area contributed by atoms with Gasteiger partial charge in [0.2, 0.25) is 5.88 Å². The summed E-state index contributed by atoms with van der Waals surface area (Å²) in [5, 5.41) is 0. The van der Waals surface area contributed by atoms with Crippen LogP contribution in [0.25, 0.3) is 0 Å². The van der Waals surface area contributed by atoms with Crippen LogP contribution in [0.2, 0.25) is 0 Å². The van der Waals surface area contributed by atoms with E-state index in [0.717, 1.165) is 0 Å². The molecule has 0 spiro atoms. The number of hydrogen-bond donors (Lipinski definition) is 2. The van der Waals surface area contributed by atoms with Crippen LogP contribution in [0.3, 0.4) is 0 Å². The molecule has 1 unspecified atom stereocenters. The quantitative estimate of drug-likeness (QED) is 0.629. The molecule has 0 fully saturated rings. The predicted octanol–water partition coefficient (Wildman–Crippen LogP) is 2.65. The van der Waals surface area contributed by atoms with E-state index >= 15 is 0 Å². The van der Waals surface area contributed by atoms with Crippen molar-refractivity contribution in [1.29, 1.82) is 0 Å². The highest BCUT2D eigenvalue weighted by Gasteiger charge is 2.29. The summed E-state index contributed by atoms with van der Waals surface area (Å²) in [5.74, 6) is -1.04. The number of amides is 2. The van der Waals surface area contributed by atoms with E-state index < -0.39 is 36.6 Å². The van der Waals surface area contributed by atoms with Crippen molar-refractivity contribution in [2.75, 3.05) is 13.2 Å². The molecule has 2 rings (SSSR count). The van der Waals surface area contributed by atoms with Gasteiger partial charge in [-0.2, -0.15) is 13.2 Å². The van der Waals surface area contributed by atoms with Crippen molar-refractivity contribution in [3.05, 3.63) is 48.2 Å². The van der Waals surface area contributed by atoms with E-state index in [9.17, 15) is 22.8 Å². The highest BCUT2D eigenvalue weighted by molar-refractivity contribution is 5.97. The van der Waals surface area contributed by atoms with Gasteiger partial charge < -0.3 is 14.2 Å². The zero-order chi connectivity index (χ0) is 22.1. The van der Waals surface area contributed by atoms with Gasteiger partial charge in [-0.1, -0.05) is 0 Å². The maximum Gasteiger partial charge on any atom is 0.422 e. The normalized spacial score (nSPS) is 11.9. The summed E-state index contributed by atoms with van der Waals surface area (Å²) in [6.45, 7) is 2.21. The molecule has 1 aromatic heterocycles. The first kappa shape index (κ1) is 22.8. The molecule has 8 nitrogen and oxygen atoms in total. The molecule has 0 aliphatic rings. The number of aromatic nitrogens is 1. The lowest BCUT2D eigenvalue weighted by atomic mass is 10.2. The Morgan fingerprint density at radius 1 is 1.07 bits per heavy atom. The summed E-state index contributed by atoms with van der Waals surface area (Å²) in [7, 11) is 0. The maximum absolute atomic E-state index is 12.3. The molecule has 1 atom stereocenters. The predicted molar refractivity (Wildman–Crippen MR) is 99.1 cm³/mol. The lowest BCUT2D eigenvalue weighted by Crippen LogP contribution is -2.47. The van der Waals surface area contributed by atoms with Gasteiger partial charge in [0.05, 0.1) is 6.61 Å². The van der Waals surface area contributed by atoms with Crippen LogP contribution < -0.4 is 25.1 Å². The van der Waals surface area contributed by atoms with Gasteiger partial charge in [0.1, 0.15) is 17.1 Å². The Morgan fingerprint density at radius 2 is 1.73 bits per heavy atom. The molecular weight excluding hydrogens is 407 g/mol. The van der Waals surface area contributed by atoms with Gasteiger partial charge in [-0.3, -0.25) is 20.4 Å². The molecule has 0 saturated heterocycles. The van der Waals surface area contributed by atoms with E-state index in [0.29, 0.717) is 18.1 Å². The molecule has 2 amide bonds. The molecule has 2 aromatic rings. The Bertz CT molecular complexity index is 859. The Labute approximate surface area is 170 Å². The highest BCUT2D eigenvalue weighted by Crippen LogP contribution is 2.20. The first-order valence-electron chi connectivity index (χ1n) is 8.84. The smallest absolute Gasteiger partial charge is 0.422 e. The molecule has 0 bridgehead atoms. The number of alkyl halides is 3. The second kappa shape index (κ2) is 10.3. The largest absolute Gasteiger partial charge is 0.494 e. The lowest BCUT2D eigenvalue weighted by molar-refractivity contribution is -0.154. The van der Waals surface area contributed by atoms with Crippen molar-refractivity contribution < 1.29 is 37.0 Å². The minimum atomic E-state index is -4.59. The fourth-order valence-electron chi connectivity index (χ4n) is 2.15. The van der Waals surface area contributed by atoms with E-state index in [2.05, 4.69) is 20.6 Å². The number of hydrazine groups is 1. The van der Waals surface area contributed by atoms with Gasteiger partial charge in [0.25, 0.3) is 11.8 Å². The number of nitrogens with one attached hydrogen (secondary N) is 2. The van der Waals surface area contributed by atoms with E-state index in [4.69, 9.17) is 9.47 Å². The average Bonchev–Trinajstić information content (AvgIpc) is 2.71. The number of pyridine rings is 1. The third-order valence-electron chi connectivity index (χ3n) is 3.50. The Balaban J connectivity index is 1.90. The first-order valence-corrected chi connectivity index (χ1v) is 8.84. The van der Waals surface area contributed by atoms with Crippen LogP contribution >= 0.6 is 0 Å². The van der Waals surface area contributed by atoms with Crippen LogP contribution in [0.4, 0.5) is 13.2 Å². The number of rotatable bonds is 8. The van der Waals surface area contributed by atoms with Crippen molar-refractivity contribution >= 4 is 11.8 Å². The van der Waals surface area contributed by atoms with Gasteiger partial charge in [0, 0.05) is 6.20 Å². The number of carbonyl (C=O) groups excluding carboxylic acids is 2. The van der Waals surface area contributed by atoms with Crippen LogP contribution in [-0.4, -0.2) is 42.3 Å². The third-order valence-corrected chi connectivity index (χ3v) is 3.50. The van der Waals surface area contributed by atoms with Crippen molar-refractivity contribution in [3.63, 3.8) is 0 Å². The molecule has 1 heterocycles. The number of benzene rings is 1. The zero-order valence-corrected chi connectivity index (χ0v) is 16.2. The third kappa shape index (κ3) is 7.15. The summed E-state index contributed by atoms with van der Waals surface area (Å²) in [4.78, 5) is 27.9. The van der Waals surface area contributed by atoms with Gasteiger partial charge >= 0.3 is 6.18 Å². The molecule has 0 saturated carbocycles. The van der Waals surface area contributed by atoms with Gasteiger partial charge in [-0.25, -0.2) is 4.98 Å². The lowest BCUT2D eigenvalue weighted by Gasteiger charge is -2.16. The summed E-state index contributed by atoms with van der Waals surface area (Å²) in [5.41, 5.74) is 3.95. The van der Waals surface area contributed by atoms with E-state index in [1.165, 1.54) is 25.3 Å². The van der Waals surface area contributed by atoms with E-state index in [1.807, 2.05) is 6.92 Å². The Morgan fingerprint density at radius 3 is 2.37 bits per heavy atom. The van der Waals surface area contributed by atoms with Gasteiger partial charge in [-0.15, -0.1) is 0 Å². The fourth-order valence-corrected chi connectivity index (χ4v) is 2.15. The van der Waals surface area contributed by atoms with Crippen LogP contribution in [0.15, 0.2) is 42.6 Å². The maximum atomic E-state index is 12.3. The summed E-state index contributed by atoms with van der Waals surface area (Å²) < 4.78 is 52.3. The van der Waals surface area contributed by atoms with Crippen LogP contribution in [0, 0.1) is 0 Å². The number of carbonyl (C=O) groups is 2. The minimum Gasteiger partial charge on any atom is -0.494 e. The zero-order valence-electron chi connectivity index (χ0n) is 16.2. The van der Waals surface area contributed by atoms with Crippen LogP contribution in [0.5, 0.6) is 17.4 Å². The van der Waals surface area contributed by atoms with Gasteiger partial charge in [0.15, 0.2) is 12.7 Å². The number of nitrogens with zero attached hydrogens (tertiary/aromatic N) is 1. The Hall–Kier alpha value is -3.50. The molecular formula is C19H20F3N3O5. The van der Waals surface area contributed by atoms with Crippen molar-refractivity contribution in [2.45, 2.75) is 26.1 Å². The molecule has 2 N–H and O–H groups in total. The second-order valence-electron chi connectivity index (χ2n) is 5.87. The molecule has 1 aromatic carbocycles. The van der Waals surface area contributed by atoms with Crippen molar-refractivity contribution in [2.24, 2.45) is 0 Å². The fraction of sp³-hybridized carbons (Fsp3) is 0.316. The number of hydrogen-bond acceptors (Lipinski definition) is 6. The van der Waals surface area contributed by atoms with E-state index in [-0.39, 0.29) is 5.56 Å². The summed E-state index contributed by atoms with van der Waals surface area (Å²) in [6.07, 6.45) is -4.39. The van der Waals surface area contributed by atoms with Crippen molar-refractivity contribution in [3.8, 4) is 17.4 Å². The molecule has 0 aliphatic heterocycles. The topological polar surface area (TPSA) is 98.8 Å². The second-order valence-corrected chi connectivity index (χ2v) is 5.87. The summed E-state index contributed by atoms with van der Waals surface area (Å²) >= 11 is 0. The molecule has 30 heavy (non-hydrogen) atoms. The monoisotopic (exact) mass is 427 g/mol. The Kier molecular flexibility index (Phi) is 7.84. The van der Waals surface area contributed by atoms with Gasteiger partial charge in [-0.05, 0) is 50.2 Å². The number of halogens is 3. The SMILES string of the molecule is CCOc1ccc(OC(C)C(=O)NNC(=O)c2cccnc2OCC(F)(F)F)cc1. The average molecular weight is 427 g/mol. The highest BCUT2D eigenvalue weighted by atomic mass is 19.4. The van der Waals surface area contributed by atoms with Crippen LogP contribution in [0.1, 0.15) is 24.2 Å². The molecule has 11 heteroatoms. The molecule has 0 aliphatic carbocycles. The molecule has 162 valence electrons. The summed E-state index contributed by atoms with van der Waals surface area (Å²) in [6, 6.07) is 9.14. The number of ether oxygens (including phenoxy) is 3. The molecule has 0 radical (unpaired) electrons. The van der Waals surface area contributed by atoms with Crippen molar-refractivity contribution in [1.82, 2.24) is 15.8 Å². The standard InChI is InChI=1S/C19H20F3N3O5/c1-3-28-13-6-8-14(9-7-13)30-12(2)16(26)24-25-17(27)15-5-4-10-23-18(15)29-11-19(20,21)22/h4-10,12H,3,11H2,1-2H3,(H,24,26)(H,25,27). The first-order chi connectivity index (χ1) is 14.2. The van der Waals surface area contributed by atoms with Crippen LogP contribution in [-0.2, 0) is 4.79 Å².